The summed E-state index contributed by atoms with van der Waals surface area (Å²) >= 11 is 0. The van der Waals surface area contributed by atoms with E-state index in [1.54, 1.807) is 18.2 Å². The van der Waals surface area contributed by atoms with Gasteiger partial charge in [0.2, 0.25) is 5.95 Å². The molecule has 0 saturated heterocycles. The first-order valence-corrected chi connectivity index (χ1v) is 7.63. The third-order valence-electron chi connectivity index (χ3n) is 3.58. The molecule has 2 aromatic carbocycles. The van der Waals surface area contributed by atoms with E-state index in [1.165, 1.54) is 14.0 Å². The van der Waals surface area contributed by atoms with Gasteiger partial charge in [0.15, 0.2) is 23.9 Å². The summed E-state index contributed by atoms with van der Waals surface area (Å²) < 4.78 is 10.7. The molecule has 0 fully saturated rings. The van der Waals surface area contributed by atoms with Gasteiger partial charge >= 0.3 is 0 Å². The number of nitrogens with zero attached hydrogens (tertiary/aromatic N) is 1. The summed E-state index contributed by atoms with van der Waals surface area (Å²) in [7, 11) is 1.47. The normalized spacial score (nSPS) is 10.5. The Bertz CT molecular complexity index is 900. The number of ether oxygens (including phenoxy) is 2. The van der Waals surface area contributed by atoms with Gasteiger partial charge in [0.05, 0.1) is 18.1 Å². The Hall–Kier alpha value is -3.35. The molecule has 0 spiro atoms. The fraction of sp³-hybridized carbons (Fsp3) is 0.167. The highest BCUT2D eigenvalue weighted by Gasteiger charge is 2.11. The van der Waals surface area contributed by atoms with Crippen LogP contribution in [-0.2, 0) is 4.79 Å². The maximum atomic E-state index is 12.0. The van der Waals surface area contributed by atoms with Crippen molar-refractivity contribution in [2.45, 2.75) is 6.92 Å². The van der Waals surface area contributed by atoms with Crippen LogP contribution in [0.3, 0.4) is 0 Å². The standard InChI is InChI=1S/C18H17N3O4/c1-11(22)12-7-8-15(16(9-12)24-2)25-10-17(23)21-18-19-13-5-3-4-6-14(13)20-18/h3-9H,10H2,1-2H3,(H2,19,20,21,23). The molecule has 3 aromatic rings. The highest BCUT2D eigenvalue weighted by molar-refractivity contribution is 5.95. The van der Waals surface area contributed by atoms with E-state index in [0.29, 0.717) is 23.0 Å². The SMILES string of the molecule is COc1cc(C(C)=O)ccc1OCC(=O)Nc1nc2ccccc2[nH]1. The van der Waals surface area contributed by atoms with Gasteiger partial charge in [-0.1, -0.05) is 12.1 Å². The zero-order valence-electron chi connectivity index (χ0n) is 13.8. The van der Waals surface area contributed by atoms with Crippen molar-refractivity contribution in [3.63, 3.8) is 0 Å². The number of aromatic amines is 1. The maximum Gasteiger partial charge on any atom is 0.264 e. The number of rotatable bonds is 6. The number of ketones is 1. The van der Waals surface area contributed by atoms with Crippen LogP contribution in [0.1, 0.15) is 17.3 Å². The number of imidazole rings is 1. The maximum absolute atomic E-state index is 12.0. The number of H-pyrrole nitrogens is 1. The summed E-state index contributed by atoms with van der Waals surface area (Å²) in [5.74, 6) is 0.689. The summed E-state index contributed by atoms with van der Waals surface area (Å²) in [4.78, 5) is 30.7. The molecule has 128 valence electrons. The predicted molar refractivity (Wildman–Crippen MR) is 93.2 cm³/mol. The number of carbonyl (C=O) groups excluding carboxylic acids is 2. The number of Topliss-reactive ketones (excluding diaryl/α,β-unsaturated/α-hetero) is 1. The zero-order chi connectivity index (χ0) is 17.8. The van der Waals surface area contributed by atoms with E-state index in [0.717, 1.165) is 11.0 Å². The minimum atomic E-state index is -0.364. The monoisotopic (exact) mass is 339 g/mol. The third-order valence-corrected chi connectivity index (χ3v) is 3.58. The van der Waals surface area contributed by atoms with Crippen LogP contribution in [0, 0.1) is 0 Å². The van der Waals surface area contributed by atoms with E-state index in [9.17, 15) is 9.59 Å². The Labute approximate surface area is 144 Å². The van der Waals surface area contributed by atoms with E-state index in [2.05, 4.69) is 15.3 Å². The molecular weight excluding hydrogens is 322 g/mol. The van der Waals surface area contributed by atoms with Gasteiger partial charge in [-0.25, -0.2) is 4.98 Å². The number of anilines is 1. The first-order chi connectivity index (χ1) is 12.1. The van der Waals surface area contributed by atoms with Gasteiger partial charge < -0.3 is 14.5 Å². The summed E-state index contributed by atoms with van der Waals surface area (Å²) in [6.45, 7) is 1.25. The van der Waals surface area contributed by atoms with Crippen molar-refractivity contribution in [1.29, 1.82) is 0 Å². The van der Waals surface area contributed by atoms with E-state index < -0.39 is 0 Å². The molecule has 0 aliphatic rings. The van der Waals surface area contributed by atoms with Crippen LogP contribution in [0.5, 0.6) is 11.5 Å². The molecule has 0 aliphatic heterocycles. The molecule has 1 heterocycles. The summed E-state index contributed by atoms with van der Waals surface area (Å²) in [5, 5.41) is 2.64. The van der Waals surface area contributed by atoms with Crippen LogP contribution in [0.4, 0.5) is 5.95 Å². The molecule has 2 N–H and O–H groups in total. The van der Waals surface area contributed by atoms with E-state index in [4.69, 9.17) is 9.47 Å². The van der Waals surface area contributed by atoms with Crippen LogP contribution >= 0.6 is 0 Å². The Kier molecular flexibility index (Phi) is 4.65. The lowest BCUT2D eigenvalue weighted by atomic mass is 10.1. The number of methoxy groups -OCH3 is 1. The molecule has 0 atom stereocenters. The van der Waals surface area contributed by atoms with Crippen molar-refractivity contribution in [3.05, 3.63) is 48.0 Å². The Morgan fingerprint density at radius 2 is 1.96 bits per heavy atom. The lowest BCUT2D eigenvalue weighted by Crippen LogP contribution is -2.21. The van der Waals surface area contributed by atoms with Crippen LogP contribution in [0.2, 0.25) is 0 Å². The average Bonchev–Trinajstić information content (AvgIpc) is 3.01. The molecule has 7 nitrogen and oxygen atoms in total. The molecular formula is C18H17N3O4. The molecule has 0 radical (unpaired) electrons. The molecule has 1 amide bonds. The van der Waals surface area contributed by atoms with Crippen LogP contribution < -0.4 is 14.8 Å². The number of nitrogens with one attached hydrogen (secondary N) is 2. The fourth-order valence-electron chi connectivity index (χ4n) is 2.33. The van der Waals surface area contributed by atoms with Gasteiger partial charge in [0.25, 0.3) is 5.91 Å². The Morgan fingerprint density at radius 1 is 1.16 bits per heavy atom. The predicted octanol–water partition coefficient (Wildman–Crippen LogP) is 2.79. The van der Waals surface area contributed by atoms with Gasteiger partial charge in [-0.2, -0.15) is 0 Å². The second kappa shape index (κ2) is 7.04. The third kappa shape index (κ3) is 3.77. The minimum Gasteiger partial charge on any atom is -0.493 e. The molecule has 0 unspecified atom stereocenters. The second-order valence-electron chi connectivity index (χ2n) is 5.36. The summed E-state index contributed by atoms with van der Waals surface area (Å²) in [6.07, 6.45) is 0. The first kappa shape index (κ1) is 16.5. The van der Waals surface area contributed by atoms with Crippen molar-refractivity contribution >= 4 is 28.7 Å². The molecule has 25 heavy (non-hydrogen) atoms. The summed E-state index contributed by atoms with van der Waals surface area (Å²) in [5.41, 5.74) is 2.11. The summed E-state index contributed by atoms with van der Waals surface area (Å²) in [6, 6.07) is 12.3. The molecule has 3 rings (SSSR count). The Balaban J connectivity index is 1.64. The largest absolute Gasteiger partial charge is 0.493 e. The minimum absolute atomic E-state index is 0.0764. The van der Waals surface area contributed by atoms with Gasteiger partial charge in [0, 0.05) is 5.56 Å². The number of para-hydroxylation sites is 2. The highest BCUT2D eigenvalue weighted by atomic mass is 16.5. The second-order valence-corrected chi connectivity index (χ2v) is 5.36. The number of aromatic nitrogens is 2. The van der Waals surface area contributed by atoms with Gasteiger partial charge in [-0.15, -0.1) is 0 Å². The van der Waals surface area contributed by atoms with Crippen molar-refractivity contribution in [1.82, 2.24) is 9.97 Å². The van der Waals surface area contributed by atoms with Crippen molar-refractivity contribution in [2.24, 2.45) is 0 Å². The van der Waals surface area contributed by atoms with Crippen LogP contribution in [0.15, 0.2) is 42.5 Å². The number of hydrogen-bond acceptors (Lipinski definition) is 5. The van der Waals surface area contributed by atoms with Crippen LogP contribution in [-0.4, -0.2) is 35.4 Å². The number of hydrogen-bond donors (Lipinski definition) is 2. The quantitative estimate of drug-likeness (QED) is 0.674. The Morgan fingerprint density at radius 3 is 2.68 bits per heavy atom. The molecule has 7 heteroatoms. The van der Waals surface area contributed by atoms with Crippen molar-refractivity contribution in [3.8, 4) is 11.5 Å². The van der Waals surface area contributed by atoms with E-state index in [-0.39, 0.29) is 18.3 Å². The smallest absolute Gasteiger partial charge is 0.264 e. The number of carbonyl (C=O) groups is 2. The van der Waals surface area contributed by atoms with Gasteiger partial charge in [-0.3, -0.25) is 14.9 Å². The van der Waals surface area contributed by atoms with Crippen molar-refractivity contribution < 1.29 is 19.1 Å². The highest BCUT2D eigenvalue weighted by Crippen LogP contribution is 2.28. The average molecular weight is 339 g/mol. The fourth-order valence-corrected chi connectivity index (χ4v) is 2.33. The van der Waals surface area contributed by atoms with Gasteiger partial charge in [0.1, 0.15) is 0 Å². The number of benzene rings is 2. The molecule has 0 bridgehead atoms. The number of fused-ring (bicyclic) bond motifs is 1. The first-order valence-electron chi connectivity index (χ1n) is 7.63. The topological polar surface area (TPSA) is 93.3 Å². The van der Waals surface area contributed by atoms with Crippen LogP contribution in [0.25, 0.3) is 11.0 Å². The molecule has 1 aromatic heterocycles. The van der Waals surface area contributed by atoms with Crippen molar-refractivity contribution in [2.75, 3.05) is 19.0 Å². The molecule has 0 aliphatic carbocycles. The lowest BCUT2D eigenvalue weighted by molar-refractivity contribution is -0.118. The number of amides is 1. The van der Waals surface area contributed by atoms with E-state index in [1.807, 2.05) is 24.3 Å². The zero-order valence-corrected chi connectivity index (χ0v) is 13.8. The lowest BCUT2D eigenvalue weighted by Gasteiger charge is -2.11. The van der Waals surface area contributed by atoms with Gasteiger partial charge in [-0.05, 0) is 37.3 Å². The molecule has 0 saturated carbocycles. The van der Waals surface area contributed by atoms with E-state index >= 15 is 0 Å².